The van der Waals surface area contributed by atoms with Crippen LogP contribution in [-0.4, -0.2) is 10.2 Å². The van der Waals surface area contributed by atoms with E-state index in [2.05, 4.69) is 26.1 Å². The van der Waals surface area contributed by atoms with Gasteiger partial charge < -0.3 is 0 Å². The van der Waals surface area contributed by atoms with Crippen LogP contribution in [0.1, 0.15) is 5.56 Å². The average Bonchev–Trinajstić information content (AvgIpc) is 2.47. The molecular formula is C8H3BrF3IN2. The molecule has 0 saturated heterocycles. The fourth-order valence-electron chi connectivity index (χ4n) is 1.21. The van der Waals surface area contributed by atoms with Crippen molar-refractivity contribution in [1.82, 2.24) is 10.2 Å². The number of hydrogen-bond donors (Lipinski definition) is 1. The molecule has 0 spiro atoms. The summed E-state index contributed by atoms with van der Waals surface area (Å²) in [5.41, 5.74) is -0.103. The number of hydrogen-bond acceptors (Lipinski definition) is 1. The number of aromatic amines is 1. The summed E-state index contributed by atoms with van der Waals surface area (Å²) in [6, 6.07) is 2.13. The predicted octanol–water partition coefficient (Wildman–Crippen LogP) is 3.95. The molecule has 0 atom stereocenters. The van der Waals surface area contributed by atoms with Crippen LogP contribution in [0, 0.1) is 3.70 Å². The molecule has 1 N–H and O–H groups in total. The minimum atomic E-state index is -4.34. The molecule has 7 heteroatoms. The lowest BCUT2D eigenvalue weighted by Gasteiger charge is -2.07. The molecule has 1 aromatic carbocycles. The Morgan fingerprint density at radius 3 is 2.60 bits per heavy atom. The van der Waals surface area contributed by atoms with Crippen LogP contribution in [0.3, 0.4) is 0 Å². The Kier molecular flexibility index (Phi) is 2.70. The van der Waals surface area contributed by atoms with Gasteiger partial charge in [-0.1, -0.05) is 0 Å². The highest BCUT2D eigenvalue weighted by atomic mass is 127. The molecule has 0 fully saturated rings. The van der Waals surface area contributed by atoms with Crippen LogP contribution in [0.5, 0.6) is 0 Å². The van der Waals surface area contributed by atoms with Gasteiger partial charge in [0.2, 0.25) is 0 Å². The standard InChI is InChI=1S/C8H3BrF3IN2/c9-5-2-3(8(10,11)12)1-4-6(5)14-15-7(4)13/h1-2H,(H,14,15). The number of nitrogens with one attached hydrogen (secondary N) is 1. The van der Waals surface area contributed by atoms with Gasteiger partial charge in [-0.3, -0.25) is 5.10 Å². The summed E-state index contributed by atoms with van der Waals surface area (Å²) in [6.07, 6.45) is -4.34. The molecule has 15 heavy (non-hydrogen) atoms. The van der Waals surface area contributed by atoms with Crippen molar-refractivity contribution < 1.29 is 13.2 Å². The molecule has 1 heterocycles. The number of fused-ring (bicyclic) bond motifs is 1. The summed E-state index contributed by atoms with van der Waals surface area (Å²) in [5.74, 6) is 0. The number of rotatable bonds is 0. The second-order valence-corrected chi connectivity index (χ2v) is 4.77. The Bertz CT molecular complexity index is 520. The molecule has 2 rings (SSSR count). The van der Waals surface area contributed by atoms with Crippen LogP contribution in [0.4, 0.5) is 13.2 Å². The van der Waals surface area contributed by atoms with Gasteiger partial charge in [0.1, 0.15) is 3.70 Å². The highest BCUT2D eigenvalue weighted by Gasteiger charge is 2.31. The normalized spacial score (nSPS) is 12.3. The summed E-state index contributed by atoms with van der Waals surface area (Å²) in [5, 5.41) is 6.98. The van der Waals surface area contributed by atoms with Crippen molar-refractivity contribution in [3.05, 3.63) is 25.9 Å². The summed E-state index contributed by atoms with van der Waals surface area (Å²) in [4.78, 5) is 0. The highest BCUT2D eigenvalue weighted by molar-refractivity contribution is 14.1. The molecule has 0 saturated carbocycles. The van der Waals surface area contributed by atoms with Gasteiger partial charge in [0.25, 0.3) is 0 Å². The zero-order valence-corrected chi connectivity index (χ0v) is 10.7. The van der Waals surface area contributed by atoms with Crippen molar-refractivity contribution in [2.24, 2.45) is 0 Å². The molecule has 0 radical (unpaired) electrons. The van der Waals surface area contributed by atoms with Crippen LogP contribution >= 0.6 is 38.5 Å². The van der Waals surface area contributed by atoms with Gasteiger partial charge >= 0.3 is 6.18 Å². The van der Waals surface area contributed by atoms with E-state index < -0.39 is 11.7 Å². The van der Waals surface area contributed by atoms with Gasteiger partial charge in [0, 0.05) is 9.86 Å². The number of H-pyrrole nitrogens is 1. The van der Waals surface area contributed by atoms with Gasteiger partial charge in [-0.25, -0.2) is 0 Å². The molecule has 0 aliphatic heterocycles. The first-order valence-corrected chi connectivity index (χ1v) is 5.67. The average molecular weight is 391 g/mol. The highest BCUT2D eigenvalue weighted by Crippen LogP contribution is 2.35. The van der Waals surface area contributed by atoms with E-state index in [4.69, 9.17) is 0 Å². The van der Waals surface area contributed by atoms with Crippen molar-refractivity contribution in [2.75, 3.05) is 0 Å². The fourth-order valence-corrected chi connectivity index (χ4v) is 2.31. The molecule has 0 unspecified atom stereocenters. The molecule has 0 amide bonds. The fraction of sp³-hybridized carbons (Fsp3) is 0.125. The minimum Gasteiger partial charge on any atom is -0.276 e. The van der Waals surface area contributed by atoms with Crippen molar-refractivity contribution in [3.8, 4) is 0 Å². The lowest BCUT2D eigenvalue weighted by molar-refractivity contribution is -0.137. The van der Waals surface area contributed by atoms with E-state index in [0.29, 0.717) is 19.1 Å². The lowest BCUT2D eigenvalue weighted by atomic mass is 10.1. The largest absolute Gasteiger partial charge is 0.416 e. The molecule has 80 valence electrons. The molecule has 0 aliphatic carbocycles. The third kappa shape index (κ3) is 1.99. The number of benzene rings is 1. The molecule has 0 bridgehead atoms. The zero-order valence-electron chi connectivity index (χ0n) is 6.99. The van der Waals surface area contributed by atoms with E-state index >= 15 is 0 Å². The SMILES string of the molecule is FC(F)(F)c1cc(Br)c2[nH]nc(I)c2c1. The van der Waals surface area contributed by atoms with E-state index in [1.807, 2.05) is 22.6 Å². The van der Waals surface area contributed by atoms with Crippen LogP contribution in [0.25, 0.3) is 10.9 Å². The Morgan fingerprint density at radius 1 is 1.33 bits per heavy atom. The number of halogens is 5. The zero-order chi connectivity index (χ0) is 11.2. The van der Waals surface area contributed by atoms with Crippen molar-refractivity contribution in [3.63, 3.8) is 0 Å². The van der Waals surface area contributed by atoms with Crippen LogP contribution < -0.4 is 0 Å². The first-order valence-electron chi connectivity index (χ1n) is 3.80. The topological polar surface area (TPSA) is 28.7 Å². The van der Waals surface area contributed by atoms with E-state index in [1.54, 1.807) is 0 Å². The second kappa shape index (κ2) is 3.62. The van der Waals surface area contributed by atoms with Gasteiger partial charge in [-0.05, 0) is 50.7 Å². The van der Waals surface area contributed by atoms with Crippen molar-refractivity contribution in [1.29, 1.82) is 0 Å². The smallest absolute Gasteiger partial charge is 0.276 e. The Balaban J connectivity index is 2.76. The number of nitrogens with zero attached hydrogens (tertiary/aromatic N) is 1. The van der Waals surface area contributed by atoms with Crippen molar-refractivity contribution >= 4 is 49.4 Å². The van der Waals surface area contributed by atoms with Gasteiger partial charge in [-0.2, -0.15) is 18.3 Å². The minimum absolute atomic E-state index is 0.364. The maximum Gasteiger partial charge on any atom is 0.416 e. The Hall–Kier alpha value is -0.310. The van der Waals surface area contributed by atoms with Crippen LogP contribution in [-0.2, 0) is 6.18 Å². The number of alkyl halides is 3. The molecule has 0 aliphatic rings. The van der Waals surface area contributed by atoms with Gasteiger partial charge in [0.15, 0.2) is 0 Å². The van der Waals surface area contributed by atoms with Crippen LogP contribution in [0.2, 0.25) is 0 Å². The maximum absolute atomic E-state index is 12.5. The summed E-state index contributed by atoms with van der Waals surface area (Å²) in [7, 11) is 0. The maximum atomic E-state index is 12.5. The second-order valence-electron chi connectivity index (χ2n) is 2.89. The van der Waals surface area contributed by atoms with E-state index in [0.717, 1.165) is 12.1 Å². The first kappa shape index (κ1) is 11.2. The Labute approximate surface area is 105 Å². The predicted molar refractivity (Wildman–Crippen MR) is 61.5 cm³/mol. The third-order valence-electron chi connectivity index (χ3n) is 1.91. The number of aromatic nitrogens is 2. The molecule has 1 aromatic heterocycles. The summed E-state index contributed by atoms with van der Waals surface area (Å²) in [6.45, 7) is 0. The van der Waals surface area contributed by atoms with E-state index in [-0.39, 0.29) is 0 Å². The monoisotopic (exact) mass is 390 g/mol. The summed E-state index contributed by atoms with van der Waals surface area (Å²) < 4.78 is 38.3. The van der Waals surface area contributed by atoms with E-state index in [1.165, 1.54) is 0 Å². The molecular weight excluding hydrogens is 388 g/mol. The van der Waals surface area contributed by atoms with E-state index in [9.17, 15) is 13.2 Å². The first-order chi connectivity index (χ1) is 6.89. The lowest BCUT2D eigenvalue weighted by Crippen LogP contribution is -2.04. The van der Waals surface area contributed by atoms with Crippen LogP contribution in [0.15, 0.2) is 16.6 Å². The summed E-state index contributed by atoms with van der Waals surface area (Å²) >= 11 is 4.96. The van der Waals surface area contributed by atoms with Gasteiger partial charge in [0.05, 0.1) is 11.1 Å². The third-order valence-corrected chi connectivity index (χ3v) is 3.35. The van der Waals surface area contributed by atoms with Gasteiger partial charge in [-0.15, -0.1) is 0 Å². The molecule has 2 aromatic rings. The molecule has 2 nitrogen and oxygen atoms in total. The quantitative estimate of drug-likeness (QED) is 0.678. The Morgan fingerprint density at radius 2 is 2.00 bits per heavy atom. The van der Waals surface area contributed by atoms with Crippen molar-refractivity contribution in [2.45, 2.75) is 6.18 Å².